The molecular formula is C12H15NO2. The minimum absolute atomic E-state index is 0.127. The fourth-order valence-electron chi connectivity index (χ4n) is 1.79. The van der Waals surface area contributed by atoms with Gasteiger partial charge in [-0.2, -0.15) is 5.26 Å². The van der Waals surface area contributed by atoms with E-state index >= 15 is 0 Å². The van der Waals surface area contributed by atoms with Crippen LogP contribution in [0.3, 0.4) is 0 Å². The van der Waals surface area contributed by atoms with Crippen LogP contribution in [0.5, 0.6) is 0 Å². The van der Waals surface area contributed by atoms with E-state index in [1.54, 1.807) is 13.0 Å². The van der Waals surface area contributed by atoms with Gasteiger partial charge in [0.25, 0.3) is 0 Å². The maximum Gasteiger partial charge on any atom is 0.306 e. The third-order valence-corrected chi connectivity index (χ3v) is 2.78. The molecule has 0 heterocycles. The summed E-state index contributed by atoms with van der Waals surface area (Å²) in [7, 11) is 0. The van der Waals surface area contributed by atoms with Crippen molar-refractivity contribution in [2.24, 2.45) is 11.3 Å². The molecule has 80 valence electrons. The highest BCUT2D eigenvalue weighted by molar-refractivity contribution is 5.69. The van der Waals surface area contributed by atoms with Gasteiger partial charge in [0.15, 0.2) is 0 Å². The van der Waals surface area contributed by atoms with E-state index in [1.165, 1.54) is 0 Å². The highest BCUT2D eigenvalue weighted by Gasteiger charge is 2.27. The molecule has 0 saturated carbocycles. The first kappa shape index (κ1) is 11.5. The summed E-state index contributed by atoms with van der Waals surface area (Å²) in [6.07, 6.45) is 6.94. The normalized spacial score (nSPS) is 26.6. The molecule has 0 fully saturated rings. The number of nitriles is 1. The van der Waals surface area contributed by atoms with Crippen LogP contribution in [-0.4, -0.2) is 11.1 Å². The predicted octanol–water partition coefficient (Wildman–Crippen LogP) is 2.51. The minimum Gasteiger partial charge on any atom is -0.481 e. The SMILES string of the molecule is C[C@H](CC1(C)C=CC(C#N)=CC1)C(=O)O. The summed E-state index contributed by atoms with van der Waals surface area (Å²) in [5.74, 6) is -1.11. The third-order valence-electron chi connectivity index (χ3n) is 2.78. The highest BCUT2D eigenvalue weighted by Crippen LogP contribution is 2.35. The second-order valence-corrected chi connectivity index (χ2v) is 4.41. The zero-order chi connectivity index (χ0) is 11.5. The standard InChI is InChI=1S/C12H15NO2/c1-9(11(14)15)7-12(2)5-3-10(8-13)4-6-12/h3-5,9H,6-7H2,1-2H3,(H,14,15)/t9-,12?/m1/s1. The molecule has 0 aromatic heterocycles. The summed E-state index contributed by atoms with van der Waals surface area (Å²) in [6.45, 7) is 3.73. The molecule has 3 heteroatoms. The molecule has 1 N–H and O–H groups in total. The summed E-state index contributed by atoms with van der Waals surface area (Å²) in [5.41, 5.74) is 0.536. The zero-order valence-electron chi connectivity index (χ0n) is 9.03. The van der Waals surface area contributed by atoms with Crippen molar-refractivity contribution in [1.29, 1.82) is 5.26 Å². The van der Waals surface area contributed by atoms with Crippen LogP contribution < -0.4 is 0 Å². The molecule has 0 spiro atoms. The van der Waals surface area contributed by atoms with Crippen LogP contribution in [0, 0.1) is 22.7 Å². The minimum atomic E-state index is -0.764. The molecule has 1 aliphatic carbocycles. The number of hydrogen-bond donors (Lipinski definition) is 1. The molecule has 0 saturated heterocycles. The number of rotatable bonds is 3. The van der Waals surface area contributed by atoms with E-state index in [0.29, 0.717) is 12.0 Å². The average Bonchev–Trinajstić information content (AvgIpc) is 2.18. The number of carbonyl (C=O) groups is 1. The lowest BCUT2D eigenvalue weighted by Gasteiger charge is -2.28. The van der Waals surface area contributed by atoms with Crippen LogP contribution >= 0.6 is 0 Å². The van der Waals surface area contributed by atoms with Gasteiger partial charge in [0, 0.05) is 5.57 Å². The van der Waals surface area contributed by atoms with Crippen molar-refractivity contribution in [1.82, 2.24) is 0 Å². The number of hydrogen-bond acceptors (Lipinski definition) is 2. The molecule has 0 bridgehead atoms. The monoisotopic (exact) mass is 205 g/mol. The summed E-state index contributed by atoms with van der Waals surface area (Å²) in [6, 6.07) is 2.08. The Kier molecular flexibility index (Phi) is 3.31. The number of nitrogens with zero attached hydrogens (tertiary/aromatic N) is 1. The Morgan fingerprint density at radius 1 is 1.80 bits per heavy atom. The maximum absolute atomic E-state index is 10.7. The second kappa shape index (κ2) is 4.31. The Labute approximate surface area is 89.7 Å². The van der Waals surface area contributed by atoms with Gasteiger partial charge in [-0.15, -0.1) is 0 Å². The van der Waals surface area contributed by atoms with Gasteiger partial charge in [-0.25, -0.2) is 0 Å². The van der Waals surface area contributed by atoms with Crippen molar-refractivity contribution in [2.75, 3.05) is 0 Å². The van der Waals surface area contributed by atoms with Crippen molar-refractivity contribution < 1.29 is 9.90 Å². The average molecular weight is 205 g/mol. The fourth-order valence-corrected chi connectivity index (χ4v) is 1.79. The van der Waals surface area contributed by atoms with E-state index in [0.717, 1.165) is 6.42 Å². The quantitative estimate of drug-likeness (QED) is 0.770. The molecule has 0 aliphatic heterocycles. The van der Waals surface area contributed by atoms with E-state index in [9.17, 15) is 4.79 Å². The van der Waals surface area contributed by atoms with Gasteiger partial charge in [0.05, 0.1) is 12.0 Å². The van der Waals surface area contributed by atoms with E-state index in [4.69, 9.17) is 10.4 Å². The topological polar surface area (TPSA) is 61.1 Å². The molecule has 1 rings (SSSR count). The Morgan fingerprint density at radius 3 is 2.87 bits per heavy atom. The van der Waals surface area contributed by atoms with Gasteiger partial charge in [0.2, 0.25) is 0 Å². The molecule has 0 amide bonds. The highest BCUT2D eigenvalue weighted by atomic mass is 16.4. The molecule has 1 unspecified atom stereocenters. The van der Waals surface area contributed by atoms with Crippen LogP contribution in [0.4, 0.5) is 0 Å². The molecule has 0 aromatic carbocycles. The Morgan fingerprint density at radius 2 is 2.47 bits per heavy atom. The first-order valence-corrected chi connectivity index (χ1v) is 4.99. The van der Waals surface area contributed by atoms with Crippen molar-refractivity contribution in [3.63, 3.8) is 0 Å². The van der Waals surface area contributed by atoms with Crippen LogP contribution in [-0.2, 0) is 4.79 Å². The number of aliphatic carboxylic acids is 1. The van der Waals surface area contributed by atoms with E-state index in [2.05, 4.69) is 6.07 Å². The van der Waals surface area contributed by atoms with E-state index in [-0.39, 0.29) is 11.3 Å². The van der Waals surface area contributed by atoms with Gasteiger partial charge in [-0.3, -0.25) is 4.79 Å². The van der Waals surface area contributed by atoms with Crippen molar-refractivity contribution in [2.45, 2.75) is 26.7 Å². The summed E-state index contributed by atoms with van der Waals surface area (Å²) in [5, 5.41) is 17.5. The molecule has 15 heavy (non-hydrogen) atoms. The molecule has 1 aliphatic rings. The first-order chi connectivity index (χ1) is 6.97. The molecule has 0 radical (unpaired) electrons. The van der Waals surface area contributed by atoms with Gasteiger partial charge in [-0.1, -0.05) is 26.0 Å². The number of carboxylic acid groups (broad SMARTS) is 1. The van der Waals surface area contributed by atoms with Crippen LogP contribution in [0.15, 0.2) is 23.8 Å². The molecule has 3 nitrogen and oxygen atoms in total. The lowest BCUT2D eigenvalue weighted by Crippen LogP contribution is -2.22. The van der Waals surface area contributed by atoms with Gasteiger partial charge in [-0.05, 0) is 24.3 Å². The lowest BCUT2D eigenvalue weighted by molar-refractivity contribution is -0.142. The maximum atomic E-state index is 10.7. The van der Waals surface area contributed by atoms with Crippen LogP contribution in [0.1, 0.15) is 26.7 Å². The predicted molar refractivity (Wildman–Crippen MR) is 57.0 cm³/mol. The summed E-state index contributed by atoms with van der Waals surface area (Å²) in [4.78, 5) is 10.7. The van der Waals surface area contributed by atoms with Gasteiger partial charge < -0.3 is 5.11 Å². The van der Waals surface area contributed by atoms with Crippen LogP contribution in [0.2, 0.25) is 0 Å². The Bertz CT molecular complexity index is 362. The van der Waals surface area contributed by atoms with Crippen LogP contribution in [0.25, 0.3) is 0 Å². The zero-order valence-corrected chi connectivity index (χ0v) is 9.03. The first-order valence-electron chi connectivity index (χ1n) is 4.99. The number of allylic oxidation sites excluding steroid dienone is 4. The van der Waals surface area contributed by atoms with E-state index < -0.39 is 5.97 Å². The summed E-state index contributed by atoms with van der Waals surface area (Å²) < 4.78 is 0. The lowest BCUT2D eigenvalue weighted by atomic mass is 9.76. The fraction of sp³-hybridized carbons (Fsp3) is 0.500. The smallest absolute Gasteiger partial charge is 0.306 e. The van der Waals surface area contributed by atoms with Gasteiger partial charge in [0.1, 0.15) is 0 Å². The third kappa shape index (κ3) is 2.95. The van der Waals surface area contributed by atoms with Crippen molar-refractivity contribution in [3.8, 4) is 6.07 Å². The number of carboxylic acids is 1. The van der Waals surface area contributed by atoms with Crippen molar-refractivity contribution in [3.05, 3.63) is 23.8 Å². The Balaban J connectivity index is 2.66. The molecular weight excluding hydrogens is 190 g/mol. The Hall–Kier alpha value is -1.56. The molecule has 0 aromatic rings. The van der Waals surface area contributed by atoms with Gasteiger partial charge >= 0.3 is 5.97 Å². The largest absolute Gasteiger partial charge is 0.481 e. The summed E-state index contributed by atoms with van der Waals surface area (Å²) >= 11 is 0. The van der Waals surface area contributed by atoms with E-state index in [1.807, 2.05) is 19.1 Å². The molecule has 2 atom stereocenters. The second-order valence-electron chi connectivity index (χ2n) is 4.41. The van der Waals surface area contributed by atoms with Crippen molar-refractivity contribution >= 4 is 5.97 Å².